The monoisotopic (exact) mass is 458 g/mol. The summed E-state index contributed by atoms with van der Waals surface area (Å²) in [5.41, 5.74) is 1.76. The van der Waals surface area contributed by atoms with E-state index in [1.54, 1.807) is 12.1 Å². The molecule has 0 bridgehead atoms. The number of nitrogens with zero attached hydrogens (tertiary/aromatic N) is 1. The van der Waals surface area contributed by atoms with E-state index in [4.69, 9.17) is 0 Å². The van der Waals surface area contributed by atoms with Crippen LogP contribution in [0.2, 0.25) is 0 Å². The van der Waals surface area contributed by atoms with E-state index in [9.17, 15) is 18.0 Å². The zero-order valence-corrected chi connectivity index (χ0v) is 15.9. The number of aliphatic imine (C=N–C) groups is 1. The third-order valence-corrected chi connectivity index (χ3v) is 2.90. The maximum absolute atomic E-state index is 12.1. The van der Waals surface area contributed by atoms with Crippen LogP contribution in [0, 0.1) is 0 Å². The molecule has 0 spiro atoms. The van der Waals surface area contributed by atoms with Crippen LogP contribution in [0.3, 0.4) is 0 Å². The maximum atomic E-state index is 12.1. The third kappa shape index (κ3) is 10.3. The highest BCUT2D eigenvalue weighted by molar-refractivity contribution is 14.0. The largest absolute Gasteiger partial charge is 0.390 e. The fraction of sp³-hybridized carbons (Fsp3) is 0.467. The van der Waals surface area contributed by atoms with Crippen LogP contribution in [0.5, 0.6) is 0 Å². The van der Waals surface area contributed by atoms with E-state index in [0.29, 0.717) is 18.9 Å². The lowest BCUT2D eigenvalue weighted by atomic mass is 10.1. The first-order chi connectivity index (χ1) is 10.8. The number of amides is 1. The van der Waals surface area contributed by atoms with E-state index in [2.05, 4.69) is 20.9 Å². The summed E-state index contributed by atoms with van der Waals surface area (Å²) < 4.78 is 36.2. The molecule has 24 heavy (non-hydrogen) atoms. The Bertz CT molecular complexity index is 533. The van der Waals surface area contributed by atoms with Crippen molar-refractivity contribution in [1.29, 1.82) is 0 Å². The van der Waals surface area contributed by atoms with Crippen LogP contribution in [0.15, 0.2) is 29.3 Å². The average molecular weight is 458 g/mol. The Morgan fingerprint density at radius 2 is 1.71 bits per heavy atom. The summed E-state index contributed by atoms with van der Waals surface area (Å²) in [4.78, 5) is 14.8. The molecule has 9 heteroatoms. The number of hydrogen-bond donors (Lipinski definition) is 3. The third-order valence-electron chi connectivity index (χ3n) is 2.90. The summed E-state index contributed by atoms with van der Waals surface area (Å²) in [6.45, 7) is 1.76. The molecule has 0 aliphatic rings. The van der Waals surface area contributed by atoms with Crippen LogP contribution in [0.25, 0.3) is 0 Å². The van der Waals surface area contributed by atoms with Crippen molar-refractivity contribution in [3.05, 3.63) is 29.8 Å². The van der Waals surface area contributed by atoms with Crippen molar-refractivity contribution >= 4 is 41.5 Å². The van der Waals surface area contributed by atoms with E-state index in [0.717, 1.165) is 11.3 Å². The topological polar surface area (TPSA) is 65.5 Å². The van der Waals surface area contributed by atoms with Gasteiger partial charge in [0, 0.05) is 32.7 Å². The van der Waals surface area contributed by atoms with E-state index >= 15 is 0 Å². The van der Waals surface area contributed by atoms with E-state index in [1.165, 1.54) is 14.0 Å². The summed E-state index contributed by atoms with van der Waals surface area (Å²) in [5.74, 6) is 0.206. The van der Waals surface area contributed by atoms with Crippen molar-refractivity contribution < 1.29 is 18.0 Å². The predicted octanol–water partition coefficient (Wildman–Crippen LogP) is 2.92. The molecule has 1 amide bonds. The second kappa shape index (κ2) is 11.1. The number of halogens is 4. The molecule has 136 valence electrons. The van der Waals surface area contributed by atoms with Gasteiger partial charge >= 0.3 is 6.18 Å². The number of hydrogen-bond acceptors (Lipinski definition) is 2. The molecule has 0 aliphatic carbocycles. The van der Waals surface area contributed by atoms with Crippen LogP contribution >= 0.6 is 24.0 Å². The number of benzene rings is 1. The van der Waals surface area contributed by atoms with Crippen LogP contribution in [0.1, 0.15) is 18.9 Å². The van der Waals surface area contributed by atoms with Gasteiger partial charge in [0.1, 0.15) is 0 Å². The highest BCUT2D eigenvalue weighted by Gasteiger charge is 2.26. The highest BCUT2D eigenvalue weighted by atomic mass is 127. The van der Waals surface area contributed by atoms with E-state index in [-0.39, 0.29) is 36.4 Å². The molecule has 1 aromatic carbocycles. The van der Waals surface area contributed by atoms with Gasteiger partial charge in [-0.2, -0.15) is 13.2 Å². The van der Waals surface area contributed by atoms with Gasteiger partial charge < -0.3 is 16.0 Å². The molecule has 1 aromatic rings. The van der Waals surface area contributed by atoms with Gasteiger partial charge in [-0.3, -0.25) is 9.79 Å². The minimum absolute atomic E-state index is 0. The van der Waals surface area contributed by atoms with E-state index in [1.807, 2.05) is 12.1 Å². The molecule has 0 saturated carbocycles. The number of nitrogens with one attached hydrogen (secondary N) is 3. The average Bonchev–Trinajstić information content (AvgIpc) is 2.45. The molecule has 0 heterocycles. The lowest BCUT2D eigenvalue weighted by molar-refractivity contribution is -0.132. The Morgan fingerprint density at radius 1 is 1.12 bits per heavy atom. The number of anilines is 1. The molecule has 0 fully saturated rings. The first kappa shape index (κ1) is 22.5. The lowest BCUT2D eigenvalue weighted by Gasteiger charge is -2.13. The van der Waals surface area contributed by atoms with Gasteiger partial charge in [0.2, 0.25) is 5.91 Å². The molecule has 0 atom stereocenters. The molecule has 0 aromatic heterocycles. The molecule has 0 aliphatic heterocycles. The summed E-state index contributed by atoms with van der Waals surface area (Å²) in [6, 6.07) is 7.36. The van der Waals surface area contributed by atoms with Gasteiger partial charge in [-0.1, -0.05) is 12.1 Å². The van der Waals surface area contributed by atoms with Gasteiger partial charge in [0.25, 0.3) is 0 Å². The fourth-order valence-corrected chi connectivity index (χ4v) is 1.83. The first-order valence-corrected chi connectivity index (χ1v) is 7.18. The number of rotatable bonds is 6. The molecule has 1 rings (SSSR count). The van der Waals surface area contributed by atoms with Crippen molar-refractivity contribution in [1.82, 2.24) is 10.6 Å². The smallest absolute Gasteiger partial charge is 0.356 e. The number of carbonyl (C=O) groups excluding carboxylic acids is 1. The minimum Gasteiger partial charge on any atom is -0.356 e. The van der Waals surface area contributed by atoms with Gasteiger partial charge in [-0.25, -0.2) is 0 Å². The molecular weight excluding hydrogens is 436 g/mol. The Hall–Kier alpha value is -1.52. The Kier molecular flexibility index (Phi) is 10.4. The normalized spacial score (nSPS) is 11.5. The summed E-state index contributed by atoms with van der Waals surface area (Å²) in [7, 11) is 1.51. The fourth-order valence-electron chi connectivity index (χ4n) is 1.83. The van der Waals surface area contributed by atoms with E-state index < -0.39 is 12.6 Å². The van der Waals surface area contributed by atoms with Crippen molar-refractivity contribution in [3.8, 4) is 0 Å². The Morgan fingerprint density at radius 3 is 2.21 bits per heavy atom. The van der Waals surface area contributed by atoms with Gasteiger partial charge in [0.15, 0.2) is 5.96 Å². The summed E-state index contributed by atoms with van der Waals surface area (Å²) in [6.07, 6.45) is -4.40. The second-order valence-corrected chi connectivity index (χ2v) is 4.92. The molecular formula is C15H22F3IN4O. The van der Waals surface area contributed by atoms with Crippen molar-refractivity contribution in [2.45, 2.75) is 25.9 Å². The molecule has 0 saturated heterocycles. The van der Waals surface area contributed by atoms with Crippen LogP contribution < -0.4 is 16.0 Å². The maximum Gasteiger partial charge on any atom is 0.390 e. The molecule has 0 unspecified atom stereocenters. The van der Waals surface area contributed by atoms with Crippen molar-refractivity contribution in [2.75, 3.05) is 25.5 Å². The zero-order chi connectivity index (χ0) is 17.3. The molecule has 5 nitrogen and oxygen atoms in total. The van der Waals surface area contributed by atoms with Crippen molar-refractivity contribution in [2.24, 2.45) is 4.99 Å². The zero-order valence-electron chi connectivity index (χ0n) is 13.5. The van der Waals surface area contributed by atoms with Crippen LogP contribution in [-0.2, 0) is 11.2 Å². The standard InChI is InChI=1S/C15H21F3N4O.HI/c1-11(23)22-13-5-3-12(4-6-13)7-9-20-14(19-2)21-10-8-15(16,17)18;/h3-6H,7-10H2,1-2H3,(H,22,23)(H2,19,20,21);1H. The predicted molar refractivity (Wildman–Crippen MR) is 99.9 cm³/mol. The highest BCUT2D eigenvalue weighted by Crippen LogP contribution is 2.18. The number of alkyl halides is 3. The SMILES string of the molecule is CN=C(NCCc1ccc(NC(C)=O)cc1)NCCC(F)(F)F.I. The number of carbonyl (C=O) groups is 1. The van der Waals surface area contributed by atoms with Gasteiger partial charge in [0.05, 0.1) is 6.42 Å². The van der Waals surface area contributed by atoms with Gasteiger partial charge in [-0.15, -0.1) is 24.0 Å². The Balaban J connectivity index is 0.00000529. The van der Waals surface area contributed by atoms with Gasteiger partial charge in [-0.05, 0) is 24.1 Å². The quantitative estimate of drug-likeness (QED) is 0.349. The summed E-state index contributed by atoms with van der Waals surface area (Å²) >= 11 is 0. The second-order valence-electron chi connectivity index (χ2n) is 4.92. The Labute approximate surface area is 156 Å². The minimum atomic E-state index is -4.18. The molecule has 3 N–H and O–H groups in total. The van der Waals surface area contributed by atoms with Crippen LogP contribution in [0.4, 0.5) is 18.9 Å². The lowest BCUT2D eigenvalue weighted by Crippen LogP contribution is -2.39. The first-order valence-electron chi connectivity index (χ1n) is 7.18. The van der Waals surface area contributed by atoms with Crippen LogP contribution in [-0.4, -0.2) is 38.2 Å². The summed E-state index contributed by atoms with van der Waals surface area (Å²) in [5, 5.41) is 8.24. The number of guanidine groups is 1. The molecule has 0 radical (unpaired) electrons. The van der Waals surface area contributed by atoms with Crippen molar-refractivity contribution in [3.63, 3.8) is 0 Å².